The summed E-state index contributed by atoms with van der Waals surface area (Å²) >= 11 is 1.49. The fraction of sp³-hybridized carbons (Fsp3) is 0.300. The second-order valence-electron chi connectivity index (χ2n) is 3.52. The quantitative estimate of drug-likeness (QED) is 0.872. The third-order valence-electron chi connectivity index (χ3n) is 2.07. The fourth-order valence-corrected chi connectivity index (χ4v) is 1.66. The van der Waals surface area contributed by atoms with E-state index < -0.39 is 0 Å². The van der Waals surface area contributed by atoms with Gasteiger partial charge in [-0.15, -0.1) is 10.2 Å². The summed E-state index contributed by atoms with van der Waals surface area (Å²) in [5.41, 5.74) is 2.83. The van der Waals surface area contributed by atoms with Crippen LogP contribution in [0.2, 0.25) is 0 Å². The van der Waals surface area contributed by atoms with Crippen LogP contribution in [-0.4, -0.2) is 29.3 Å². The van der Waals surface area contributed by atoms with E-state index in [1.54, 1.807) is 5.51 Å². The van der Waals surface area contributed by atoms with Crippen molar-refractivity contribution in [1.29, 1.82) is 0 Å². The number of anilines is 2. The van der Waals surface area contributed by atoms with Gasteiger partial charge in [0, 0.05) is 26.8 Å². The highest BCUT2D eigenvalue weighted by Gasteiger charge is 1.99. The van der Waals surface area contributed by atoms with Gasteiger partial charge in [-0.05, 0) is 11.6 Å². The predicted octanol–water partition coefficient (Wildman–Crippen LogP) is 1.61. The molecule has 6 heteroatoms. The van der Waals surface area contributed by atoms with Crippen LogP contribution in [0.4, 0.5) is 10.9 Å². The number of nitrogens with zero attached hydrogens (tertiary/aromatic N) is 4. The Labute approximate surface area is 98.2 Å². The van der Waals surface area contributed by atoms with Crippen molar-refractivity contribution >= 4 is 22.3 Å². The molecule has 0 saturated heterocycles. The number of hydrogen-bond acceptors (Lipinski definition) is 6. The van der Waals surface area contributed by atoms with Crippen molar-refractivity contribution in [1.82, 2.24) is 15.2 Å². The molecule has 0 atom stereocenters. The van der Waals surface area contributed by atoms with Crippen molar-refractivity contribution < 1.29 is 0 Å². The van der Waals surface area contributed by atoms with E-state index in [1.165, 1.54) is 11.3 Å². The number of aromatic nitrogens is 3. The summed E-state index contributed by atoms with van der Waals surface area (Å²) in [6, 6.07) is 4.05. The first-order chi connectivity index (χ1) is 7.75. The van der Waals surface area contributed by atoms with E-state index in [9.17, 15) is 0 Å². The molecule has 16 heavy (non-hydrogen) atoms. The van der Waals surface area contributed by atoms with Gasteiger partial charge < -0.3 is 10.2 Å². The van der Waals surface area contributed by atoms with Gasteiger partial charge in [0.1, 0.15) is 11.3 Å². The van der Waals surface area contributed by atoms with Crippen molar-refractivity contribution in [3.8, 4) is 0 Å². The monoisotopic (exact) mass is 235 g/mol. The van der Waals surface area contributed by atoms with Crippen molar-refractivity contribution in [2.75, 3.05) is 24.3 Å². The summed E-state index contributed by atoms with van der Waals surface area (Å²) in [6.07, 6.45) is 1.86. The minimum atomic E-state index is 0.718. The Bertz CT molecular complexity index is 423. The molecular weight excluding hydrogens is 222 g/mol. The average Bonchev–Trinajstić information content (AvgIpc) is 2.80. The highest BCUT2D eigenvalue weighted by atomic mass is 32.1. The minimum Gasteiger partial charge on any atom is -0.363 e. The Hall–Kier alpha value is -1.69. The van der Waals surface area contributed by atoms with E-state index >= 15 is 0 Å². The number of nitrogens with one attached hydrogen (secondary N) is 1. The molecule has 84 valence electrons. The SMILES string of the molecule is CN(C)c1ccc(CNc2nncs2)cn1. The molecule has 0 amide bonds. The smallest absolute Gasteiger partial charge is 0.205 e. The van der Waals surface area contributed by atoms with E-state index in [-0.39, 0.29) is 0 Å². The molecule has 1 N–H and O–H groups in total. The van der Waals surface area contributed by atoms with Crippen LogP contribution < -0.4 is 10.2 Å². The summed E-state index contributed by atoms with van der Waals surface area (Å²) in [5, 5.41) is 11.7. The van der Waals surface area contributed by atoms with E-state index in [0.717, 1.165) is 23.1 Å². The van der Waals surface area contributed by atoms with Crippen LogP contribution in [0.3, 0.4) is 0 Å². The Morgan fingerprint density at radius 2 is 2.25 bits per heavy atom. The molecule has 0 aliphatic rings. The molecule has 0 aliphatic heterocycles. The molecular formula is C10H13N5S. The summed E-state index contributed by atoms with van der Waals surface area (Å²) in [7, 11) is 3.95. The predicted molar refractivity (Wildman–Crippen MR) is 65.8 cm³/mol. The van der Waals surface area contributed by atoms with Crippen LogP contribution in [0, 0.1) is 0 Å². The Kier molecular flexibility index (Phi) is 3.31. The molecule has 0 radical (unpaired) electrons. The average molecular weight is 235 g/mol. The third kappa shape index (κ3) is 2.66. The van der Waals surface area contributed by atoms with Crippen LogP contribution >= 0.6 is 11.3 Å². The van der Waals surface area contributed by atoms with Crippen LogP contribution in [0.1, 0.15) is 5.56 Å². The number of hydrogen-bond donors (Lipinski definition) is 1. The standard InChI is InChI=1S/C10H13N5S/c1-15(2)9-4-3-8(5-11-9)6-12-10-14-13-7-16-10/h3-5,7H,6H2,1-2H3,(H,12,14). The Morgan fingerprint density at radius 3 is 2.81 bits per heavy atom. The molecule has 0 fully saturated rings. The second-order valence-corrected chi connectivity index (χ2v) is 4.35. The van der Waals surface area contributed by atoms with Crippen molar-refractivity contribution in [3.05, 3.63) is 29.4 Å². The molecule has 0 saturated carbocycles. The van der Waals surface area contributed by atoms with E-state index in [4.69, 9.17) is 0 Å². The normalized spacial score (nSPS) is 10.1. The Morgan fingerprint density at radius 1 is 1.38 bits per heavy atom. The van der Waals surface area contributed by atoms with E-state index in [2.05, 4.69) is 26.6 Å². The summed E-state index contributed by atoms with van der Waals surface area (Å²) in [6.45, 7) is 0.718. The molecule has 2 aromatic rings. The second kappa shape index (κ2) is 4.89. The van der Waals surface area contributed by atoms with Gasteiger partial charge in [-0.25, -0.2) is 4.98 Å². The zero-order valence-electron chi connectivity index (χ0n) is 9.21. The Balaban J connectivity index is 1.95. The lowest BCUT2D eigenvalue weighted by atomic mass is 10.3. The topological polar surface area (TPSA) is 53.9 Å². The first-order valence-corrected chi connectivity index (χ1v) is 5.76. The summed E-state index contributed by atoms with van der Waals surface area (Å²) < 4.78 is 0. The lowest BCUT2D eigenvalue weighted by Gasteiger charge is -2.11. The summed E-state index contributed by atoms with van der Waals surface area (Å²) in [4.78, 5) is 6.31. The molecule has 2 heterocycles. The first-order valence-electron chi connectivity index (χ1n) is 4.88. The fourth-order valence-electron chi connectivity index (χ4n) is 1.21. The molecule has 0 spiro atoms. The van der Waals surface area contributed by atoms with Gasteiger partial charge in [0.2, 0.25) is 5.13 Å². The number of rotatable bonds is 4. The first kappa shape index (κ1) is 10.8. The molecule has 0 aliphatic carbocycles. The molecule has 0 bridgehead atoms. The molecule has 2 rings (SSSR count). The molecule has 5 nitrogen and oxygen atoms in total. The van der Waals surface area contributed by atoms with Crippen LogP contribution in [-0.2, 0) is 6.54 Å². The van der Waals surface area contributed by atoms with Gasteiger partial charge in [0.25, 0.3) is 0 Å². The largest absolute Gasteiger partial charge is 0.363 e. The van der Waals surface area contributed by atoms with Crippen molar-refractivity contribution in [3.63, 3.8) is 0 Å². The van der Waals surface area contributed by atoms with E-state index in [1.807, 2.05) is 31.3 Å². The molecule has 0 unspecified atom stereocenters. The zero-order chi connectivity index (χ0) is 11.4. The molecule has 2 aromatic heterocycles. The van der Waals surface area contributed by atoms with Crippen molar-refractivity contribution in [2.45, 2.75) is 6.54 Å². The maximum Gasteiger partial charge on any atom is 0.205 e. The van der Waals surface area contributed by atoms with Crippen LogP contribution in [0.25, 0.3) is 0 Å². The van der Waals surface area contributed by atoms with Crippen LogP contribution in [0.15, 0.2) is 23.8 Å². The molecule has 0 aromatic carbocycles. The van der Waals surface area contributed by atoms with Crippen LogP contribution in [0.5, 0.6) is 0 Å². The third-order valence-corrected chi connectivity index (χ3v) is 2.72. The van der Waals surface area contributed by atoms with Gasteiger partial charge in [0.15, 0.2) is 0 Å². The van der Waals surface area contributed by atoms with Gasteiger partial charge in [-0.1, -0.05) is 17.4 Å². The lowest BCUT2D eigenvalue weighted by Crippen LogP contribution is -2.10. The highest BCUT2D eigenvalue weighted by molar-refractivity contribution is 7.13. The maximum absolute atomic E-state index is 4.33. The van der Waals surface area contributed by atoms with Gasteiger partial charge in [-0.2, -0.15) is 0 Å². The van der Waals surface area contributed by atoms with E-state index in [0.29, 0.717) is 0 Å². The van der Waals surface area contributed by atoms with Gasteiger partial charge >= 0.3 is 0 Å². The van der Waals surface area contributed by atoms with Gasteiger partial charge in [-0.3, -0.25) is 0 Å². The maximum atomic E-state index is 4.33. The number of pyridine rings is 1. The minimum absolute atomic E-state index is 0.718. The van der Waals surface area contributed by atoms with Gasteiger partial charge in [0.05, 0.1) is 0 Å². The lowest BCUT2D eigenvalue weighted by molar-refractivity contribution is 1.02. The highest BCUT2D eigenvalue weighted by Crippen LogP contribution is 2.12. The zero-order valence-corrected chi connectivity index (χ0v) is 10.0. The van der Waals surface area contributed by atoms with Crippen molar-refractivity contribution in [2.24, 2.45) is 0 Å². The summed E-state index contributed by atoms with van der Waals surface area (Å²) in [5.74, 6) is 0.958.